The zero-order valence-corrected chi connectivity index (χ0v) is 17.7. The van der Waals surface area contributed by atoms with Crippen molar-refractivity contribution in [1.82, 2.24) is 0 Å². The number of oxime groups is 1. The molecular weight excluding hydrogens is 350 g/mol. The standard InChI is InChI=1S/C19H29NO5Si/c1-8-26(6,7)13-24-20-15(3)16-10-9-14(2)17(11-16)25-18(12-22-4)19(21)23-5/h9-12H,8,13H2,1-7H3. The average Bonchev–Trinajstić information content (AvgIpc) is 2.62. The van der Waals surface area contributed by atoms with Gasteiger partial charge in [-0.25, -0.2) is 4.79 Å². The lowest BCUT2D eigenvalue weighted by atomic mass is 10.1. The van der Waals surface area contributed by atoms with Gasteiger partial charge in [-0.2, -0.15) is 0 Å². The Balaban J connectivity index is 2.98. The fourth-order valence-corrected chi connectivity index (χ4v) is 2.45. The van der Waals surface area contributed by atoms with Crippen molar-refractivity contribution in [2.45, 2.75) is 39.9 Å². The van der Waals surface area contributed by atoms with Crippen molar-refractivity contribution in [3.05, 3.63) is 41.3 Å². The number of carbonyl (C=O) groups excluding carboxylic acids is 1. The highest BCUT2D eigenvalue weighted by Crippen LogP contribution is 2.23. The van der Waals surface area contributed by atoms with Crippen LogP contribution in [-0.4, -0.2) is 40.2 Å². The van der Waals surface area contributed by atoms with Crippen LogP contribution >= 0.6 is 0 Å². The molecule has 0 aromatic heterocycles. The summed E-state index contributed by atoms with van der Waals surface area (Å²) in [5.41, 5.74) is 2.46. The summed E-state index contributed by atoms with van der Waals surface area (Å²) in [6.07, 6.45) is 1.89. The molecule has 0 heterocycles. The van der Waals surface area contributed by atoms with E-state index in [2.05, 4.69) is 25.2 Å². The second-order valence-electron chi connectivity index (χ2n) is 6.76. The summed E-state index contributed by atoms with van der Waals surface area (Å²) in [6, 6.07) is 6.79. The largest absolute Gasteiger partial charge is 0.500 e. The van der Waals surface area contributed by atoms with Crippen LogP contribution in [0.5, 0.6) is 5.75 Å². The second kappa shape index (κ2) is 10.0. The first-order valence-electron chi connectivity index (χ1n) is 8.50. The van der Waals surface area contributed by atoms with Gasteiger partial charge in [0.1, 0.15) is 18.2 Å². The van der Waals surface area contributed by atoms with Crippen molar-refractivity contribution in [2.24, 2.45) is 5.16 Å². The molecule has 144 valence electrons. The number of nitrogens with zero attached hydrogens (tertiary/aromatic N) is 1. The number of benzene rings is 1. The molecule has 1 aromatic rings. The topological polar surface area (TPSA) is 66.3 Å². The summed E-state index contributed by atoms with van der Waals surface area (Å²) >= 11 is 0. The first-order chi connectivity index (χ1) is 12.2. The van der Waals surface area contributed by atoms with Crippen LogP contribution in [0.1, 0.15) is 25.0 Å². The van der Waals surface area contributed by atoms with E-state index in [9.17, 15) is 4.79 Å². The predicted molar refractivity (Wildman–Crippen MR) is 105 cm³/mol. The molecule has 0 atom stereocenters. The Kier molecular flexibility index (Phi) is 8.38. The van der Waals surface area contributed by atoms with Gasteiger partial charge >= 0.3 is 5.97 Å². The minimum Gasteiger partial charge on any atom is -0.500 e. The van der Waals surface area contributed by atoms with E-state index >= 15 is 0 Å². The lowest BCUT2D eigenvalue weighted by Crippen LogP contribution is -2.30. The molecule has 1 aromatic carbocycles. The molecule has 0 saturated carbocycles. The Hall–Kier alpha value is -2.28. The van der Waals surface area contributed by atoms with Gasteiger partial charge in [-0.3, -0.25) is 0 Å². The lowest BCUT2D eigenvalue weighted by Gasteiger charge is -2.17. The molecule has 0 amide bonds. The minimum atomic E-state index is -1.34. The molecule has 0 aliphatic heterocycles. The van der Waals surface area contributed by atoms with Gasteiger partial charge in [0, 0.05) is 5.56 Å². The van der Waals surface area contributed by atoms with Crippen LogP contribution in [0.2, 0.25) is 19.1 Å². The highest BCUT2D eigenvalue weighted by molar-refractivity contribution is 6.77. The second-order valence-corrected chi connectivity index (χ2v) is 12.1. The normalized spacial score (nSPS) is 12.6. The third kappa shape index (κ3) is 6.55. The quantitative estimate of drug-likeness (QED) is 0.162. The molecule has 1 rings (SSSR count). The molecule has 26 heavy (non-hydrogen) atoms. The molecule has 0 saturated heterocycles. The monoisotopic (exact) mass is 379 g/mol. The first kappa shape index (κ1) is 21.8. The van der Waals surface area contributed by atoms with Gasteiger partial charge in [-0.1, -0.05) is 43.4 Å². The van der Waals surface area contributed by atoms with Crippen molar-refractivity contribution in [3.63, 3.8) is 0 Å². The Labute approximate surface area is 156 Å². The first-order valence-corrected chi connectivity index (χ1v) is 11.9. The Morgan fingerprint density at radius 3 is 2.54 bits per heavy atom. The summed E-state index contributed by atoms with van der Waals surface area (Å²) in [7, 11) is 1.38. The van der Waals surface area contributed by atoms with Crippen molar-refractivity contribution in [1.29, 1.82) is 0 Å². The van der Waals surface area contributed by atoms with E-state index in [0.29, 0.717) is 12.0 Å². The number of methoxy groups -OCH3 is 2. The van der Waals surface area contributed by atoms with E-state index in [1.54, 1.807) is 0 Å². The van der Waals surface area contributed by atoms with Crippen LogP contribution in [0.4, 0.5) is 0 Å². The minimum absolute atomic E-state index is 0.0308. The maximum absolute atomic E-state index is 11.8. The van der Waals surface area contributed by atoms with Gasteiger partial charge in [0.2, 0.25) is 5.76 Å². The zero-order chi connectivity index (χ0) is 19.7. The summed E-state index contributed by atoms with van der Waals surface area (Å²) in [5, 5.41) is 4.23. The van der Waals surface area contributed by atoms with E-state index in [4.69, 9.17) is 19.0 Å². The third-order valence-corrected chi connectivity index (χ3v) is 6.88. The van der Waals surface area contributed by atoms with Crippen molar-refractivity contribution < 1.29 is 23.8 Å². The molecule has 0 unspecified atom stereocenters. The van der Waals surface area contributed by atoms with E-state index < -0.39 is 14.0 Å². The summed E-state index contributed by atoms with van der Waals surface area (Å²) in [6.45, 7) is 10.5. The molecule has 0 aliphatic rings. The molecule has 0 fully saturated rings. The van der Waals surface area contributed by atoms with E-state index in [0.717, 1.165) is 22.9 Å². The Bertz CT molecular complexity index is 683. The molecule has 0 N–H and O–H groups in total. The maximum Gasteiger partial charge on any atom is 0.377 e. The van der Waals surface area contributed by atoms with Crippen molar-refractivity contribution in [3.8, 4) is 5.75 Å². The summed E-state index contributed by atoms with van der Waals surface area (Å²) in [4.78, 5) is 17.3. The van der Waals surface area contributed by atoms with E-state index in [1.807, 2.05) is 32.0 Å². The predicted octanol–water partition coefficient (Wildman–Crippen LogP) is 4.04. The number of rotatable bonds is 9. The van der Waals surface area contributed by atoms with Gasteiger partial charge < -0.3 is 19.0 Å². The smallest absolute Gasteiger partial charge is 0.377 e. The molecule has 6 nitrogen and oxygen atoms in total. The van der Waals surface area contributed by atoms with Crippen LogP contribution in [0, 0.1) is 6.92 Å². The van der Waals surface area contributed by atoms with Crippen LogP contribution in [-0.2, 0) is 19.1 Å². The van der Waals surface area contributed by atoms with Gasteiger partial charge in [-0.15, -0.1) is 0 Å². The fraction of sp³-hybridized carbons (Fsp3) is 0.474. The number of hydrogen-bond donors (Lipinski definition) is 0. The molecule has 0 aliphatic carbocycles. The molecular formula is C19H29NO5Si. The number of esters is 1. The van der Waals surface area contributed by atoms with Gasteiger partial charge in [-0.05, 0) is 25.5 Å². The Morgan fingerprint density at radius 1 is 1.27 bits per heavy atom. The average molecular weight is 380 g/mol. The molecule has 0 radical (unpaired) electrons. The van der Waals surface area contributed by atoms with E-state index in [-0.39, 0.29) is 5.76 Å². The molecule has 0 bridgehead atoms. The van der Waals surface area contributed by atoms with Crippen molar-refractivity contribution in [2.75, 3.05) is 20.4 Å². The number of carbonyl (C=O) groups is 1. The highest BCUT2D eigenvalue weighted by Gasteiger charge is 2.19. The number of hydrogen-bond acceptors (Lipinski definition) is 6. The van der Waals surface area contributed by atoms with Crippen LogP contribution < -0.4 is 4.74 Å². The maximum atomic E-state index is 11.8. The van der Waals surface area contributed by atoms with E-state index in [1.165, 1.54) is 20.5 Å². The SMILES string of the molecule is CC[Si](C)(C)CON=C(C)c1ccc(C)c(OC(=COC)C(=O)OC)c1. The van der Waals surface area contributed by atoms with Crippen LogP contribution in [0.3, 0.4) is 0 Å². The summed E-state index contributed by atoms with van der Waals surface area (Å²) in [5.74, 6) is -0.122. The highest BCUT2D eigenvalue weighted by atomic mass is 28.3. The molecule has 0 spiro atoms. The third-order valence-electron chi connectivity index (χ3n) is 4.05. The van der Waals surface area contributed by atoms with Gasteiger partial charge in [0.05, 0.1) is 28.0 Å². The number of ether oxygens (including phenoxy) is 3. The van der Waals surface area contributed by atoms with Gasteiger partial charge in [0.15, 0.2) is 0 Å². The van der Waals surface area contributed by atoms with Gasteiger partial charge in [0.25, 0.3) is 0 Å². The zero-order valence-electron chi connectivity index (χ0n) is 16.7. The van der Waals surface area contributed by atoms with Crippen LogP contribution in [0.15, 0.2) is 35.4 Å². The Morgan fingerprint density at radius 2 is 1.96 bits per heavy atom. The lowest BCUT2D eigenvalue weighted by molar-refractivity contribution is -0.138. The molecule has 7 heteroatoms. The van der Waals surface area contributed by atoms with Crippen molar-refractivity contribution >= 4 is 19.8 Å². The fourth-order valence-electron chi connectivity index (χ4n) is 1.83. The number of aryl methyl sites for hydroxylation is 1. The summed E-state index contributed by atoms with van der Waals surface area (Å²) < 4.78 is 15.3. The van der Waals surface area contributed by atoms with Crippen LogP contribution in [0.25, 0.3) is 0 Å².